The molecule has 134 valence electrons. The quantitative estimate of drug-likeness (QED) is 0.715. The number of hydrogen-bond donors (Lipinski definition) is 2. The molecule has 0 aliphatic heterocycles. The number of aromatic nitrogens is 2. The molecule has 1 unspecified atom stereocenters. The van der Waals surface area contributed by atoms with E-state index in [1.807, 2.05) is 24.6 Å². The van der Waals surface area contributed by atoms with Gasteiger partial charge in [0.2, 0.25) is 0 Å². The van der Waals surface area contributed by atoms with Crippen LogP contribution in [0.5, 0.6) is 0 Å². The Balaban J connectivity index is 2.51. The Morgan fingerprint density at radius 1 is 1.52 bits per heavy atom. The third-order valence-electron chi connectivity index (χ3n) is 3.71. The van der Waals surface area contributed by atoms with Crippen LogP contribution < -0.4 is 5.73 Å². The minimum Gasteiger partial charge on any atom is -0.404 e. The lowest BCUT2D eigenvalue weighted by Crippen LogP contribution is -2.10. The number of aliphatic hydroxyl groups excluding tert-OH is 1. The van der Waals surface area contributed by atoms with E-state index in [2.05, 4.69) is 25.9 Å². The number of aliphatic imine (C=N–C) groups is 1. The van der Waals surface area contributed by atoms with Gasteiger partial charge in [0.1, 0.15) is 16.3 Å². The molecule has 1 heterocycles. The summed E-state index contributed by atoms with van der Waals surface area (Å²) in [6.07, 6.45) is 2.58. The van der Waals surface area contributed by atoms with E-state index in [0.29, 0.717) is 34.7 Å². The first-order valence-corrected chi connectivity index (χ1v) is 8.79. The summed E-state index contributed by atoms with van der Waals surface area (Å²) in [4.78, 5) is 8.87. The van der Waals surface area contributed by atoms with E-state index in [-0.39, 0.29) is 0 Å². The second kappa shape index (κ2) is 8.40. The Kier molecular flexibility index (Phi) is 6.50. The van der Waals surface area contributed by atoms with Crippen molar-refractivity contribution in [2.24, 2.45) is 10.7 Å². The Bertz CT molecular complexity index is 811. The third-order valence-corrected chi connectivity index (χ3v) is 4.47. The molecule has 3 N–H and O–H groups in total. The van der Waals surface area contributed by atoms with E-state index in [0.717, 1.165) is 11.3 Å². The number of aryl methyl sites for hydroxylation is 1. The zero-order valence-corrected chi connectivity index (χ0v) is 16.1. The topological polar surface area (TPSA) is 76.4 Å². The monoisotopic (exact) mass is 408 g/mol. The maximum Gasteiger partial charge on any atom is 0.140 e. The Morgan fingerprint density at radius 3 is 2.84 bits per heavy atom. The Hall–Kier alpha value is -1.99. The number of halogens is 2. The van der Waals surface area contributed by atoms with E-state index >= 15 is 0 Å². The van der Waals surface area contributed by atoms with Crippen LogP contribution in [0.15, 0.2) is 41.2 Å². The minimum absolute atomic E-state index is 0.394. The number of nitrogens with zero attached hydrogens (tertiary/aromatic N) is 3. The van der Waals surface area contributed by atoms with Crippen molar-refractivity contribution in [3.05, 3.63) is 53.2 Å². The fourth-order valence-corrected chi connectivity index (χ4v) is 3.08. The highest BCUT2D eigenvalue weighted by molar-refractivity contribution is 9.18. The van der Waals surface area contributed by atoms with Crippen LogP contribution in [0.3, 0.4) is 0 Å². The van der Waals surface area contributed by atoms with E-state index in [1.54, 1.807) is 13.0 Å². The number of aliphatic hydroxyl groups is 1. The second-order valence-electron chi connectivity index (χ2n) is 5.70. The van der Waals surface area contributed by atoms with Crippen molar-refractivity contribution in [3.8, 4) is 11.4 Å². The zero-order valence-electron chi connectivity index (χ0n) is 14.5. The third kappa shape index (κ3) is 4.55. The number of nitrogens with two attached hydrogens (primary N) is 1. The normalized spacial score (nSPS) is 14.0. The van der Waals surface area contributed by atoms with E-state index in [1.165, 1.54) is 18.3 Å². The molecule has 7 heteroatoms. The molecule has 1 aromatic heterocycles. The maximum absolute atomic E-state index is 13.6. The highest BCUT2D eigenvalue weighted by atomic mass is 79.9. The number of hydrogen-bond acceptors (Lipinski definition) is 4. The molecule has 0 aliphatic rings. The summed E-state index contributed by atoms with van der Waals surface area (Å²) in [5.74, 6) is 0.249. The van der Waals surface area contributed by atoms with Crippen LogP contribution in [0.25, 0.3) is 11.4 Å². The van der Waals surface area contributed by atoms with Crippen LogP contribution in [0, 0.1) is 12.7 Å². The highest BCUT2D eigenvalue weighted by Crippen LogP contribution is 2.29. The van der Waals surface area contributed by atoms with Gasteiger partial charge >= 0.3 is 0 Å². The summed E-state index contributed by atoms with van der Waals surface area (Å²) in [5.41, 5.74) is 8.55. The van der Waals surface area contributed by atoms with Gasteiger partial charge < -0.3 is 15.4 Å². The van der Waals surface area contributed by atoms with Gasteiger partial charge in [0.25, 0.3) is 0 Å². The van der Waals surface area contributed by atoms with Gasteiger partial charge in [-0.1, -0.05) is 0 Å². The predicted octanol–water partition coefficient (Wildman–Crippen LogP) is 3.71. The van der Waals surface area contributed by atoms with Gasteiger partial charge in [-0.2, -0.15) is 0 Å². The van der Waals surface area contributed by atoms with Gasteiger partial charge in [0, 0.05) is 30.1 Å². The molecule has 0 saturated carbocycles. The molecule has 0 amide bonds. The highest BCUT2D eigenvalue weighted by Gasteiger charge is 2.17. The van der Waals surface area contributed by atoms with Crippen molar-refractivity contribution in [2.45, 2.75) is 33.4 Å². The molecule has 0 bridgehead atoms. The lowest BCUT2D eigenvalue weighted by atomic mass is 10.0. The van der Waals surface area contributed by atoms with Gasteiger partial charge in [-0.05, 0) is 60.5 Å². The summed E-state index contributed by atoms with van der Waals surface area (Å²) in [6.45, 7) is 6.52. The van der Waals surface area contributed by atoms with Crippen LogP contribution in [0.2, 0.25) is 0 Å². The van der Waals surface area contributed by atoms with Crippen LogP contribution in [-0.2, 0) is 6.54 Å². The first-order valence-electron chi connectivity index (χ1n) is 8.00. The van der Waals surface area contributed by atoms with Gasteiger partial charge in [-0.15, -0.1) is 0 Å². The number of imidazole rings is 1. The van der Waals surface area contributed by atoms with Gasteiger partial charge in [0.15, 0.2) is 0 Å². The number of allylic oxidation sites excluding steroid dienone is 1. The van der Waals surface area contributed by atoms with Gasteiger partial charge in [0.05, 0.1) is 18.3 Å². The number of rotatable bonds is 6. The lowest BCUT2D eigenvalue weighted by molar-refractivity contribution is 0.199. The lowest BCUT2D eigenvalue weighted by Gasteiger charge is -2.15. The molecule has 0 fully saturated rings. The largest absolute Gasteiger partial charge is 0.404 e. The zero-order chi connectivity index (χ0) is 18.6. The molecule has 5 nitrogen and oxygen atoms in total. The molecule has 25 heavy (non-hydrogen) atoms. The van der Waals surface area contributed by atoms with Crippen molar-refractivity contribution in [3.63, 3.8) is 0 Å². The molecule has 0 radical (unpaired) electrons. The first-order chi connectivity index (χ1) is 11.9. The molecule has 0 saturated heterocycles. The summed E-state index contributed by atoms with van der Waals surface area (Å²) in [6, 6.07) is 4.34. The number of benzene rings is 1. The molecular formula is C18H22BrFN4O. The maximum atomic E-state index is 13.6. The van der Waals surface area contributed by atoms with Crippen molar-refractivity contribution in [2.75, 3.05) is 6.54 Å². The van der Waals surface area contributed by atoms with Crippen molar-refractivity contribution in [1.82, 2.24) is 9.55 Å². The Labute approximate surface area is 155 Å². The smallest absolute Gasteiger partial charge is 0.140 e. The van der Waals surface area contributed by atoms with Crippen molar-refractivity contribution in [1.29, 1.82) is 0 Å². The van der Waals surface area contributed by atoms with E-state index in [9.17, 15) is 9.50 Å². The molecule has 0 aliphatic carbocycles. The van der Waals surface area contributed by atoms with Gasteiger partial charge in [-0.25, -0.2) is 9.37 Å². The van der Waals surface area contributed by atoms with Crippen LogP contribution in [-0.4, -0.2) is 25.8 Å². The van der Waals surface area contributed by atoms with Crippen LogP contribution >= 0.6 is 15.9 Å². The minimum atomic E-state index is -0.811. The fraction of sp³-hybridized carbons (Fsp3) is 0.333. The molecule has 2 rings (SSSR count). The SMILES string of the molecule is CCN=C(Br)C(=CN)Cn1cc(C)nc1-c1ccc(F)cc1C(C)O. The molecule has 0 spiro atoms. The standard InChI is InChI=1S/C18H22BrFN4O/c1-4-22-17(19)13(8-21)10-24-9-11(2)23-18(24)15-6-5-14(20)7-16(15)12(3)25/h5-9,12,25H,4,10,21H2,1-3H3. The average Bonchev–Trinajstić information content (AvgIpc) is 2.92. The Morgan fingerprint density at radius 2 is 2.24 bits per heavy atom. The van der Waals surface area contributed by atoms with E-state index < -0.39 is 11.9 Å². The molecule has 2 aromatic rings. The van der Waals surface area contributed by atoms with Crippen molar-refractivity contribution >= 4 is 20.6 Å². The van der Waals surface area contributed by atoms with Crippen molar-refractivity contribution < 1.29 is 9.50 Å². The summed E-state index contributed by atoms with van der Waals surface area (Å²) < 4.78 is 16.2. The summed E-state index contributed by atoms with van der Waals surface area (Å²) >= 11 is 3.44. The summed E-state index contributed by atoms with van der Waals surface area (Å²) in [5, 5.41) is 10.0. The van der Waals surface area contributed by atoms with E-state index in [4.69, 9.17) is 5.73 Å². The van der Waals surface area contributed by atoms with Crippen LogP contribution in [0.4, 0.5) is 4.39 Å². The second-order valence-corrected chi connectivity index (χ2v) is 6.45. The molecule has 1 aromatic carbocycles. The van der Waals surface area contributed by atoms with Crippen LogP contribution in [0.1, 0.15) is 31.2 Å². The predicted molar refractivity (Wildman–Crippen MR) is 102 cm³/mol. The average molecular weight is 409 g/mol. The fourth-order valence-electron chi connectivity index (χ4n) is 2.58. The first kappa shape index (κ1) is 19.3. The summed E-state index contributed by atoms with van der Waals surface area (Å²) in [7, 11) is 0. The molecule has 1 atom stereocenters. The van der Waals surface area contributed by atoms with Gasteiger partial charge in [-0.3, -0.25) is 4.99 Å². The molecular weight excluding hydrogens is 387 g/mol.